The van der Waals surface area contributed by atoms with Crippen molar-refractivity contribution in [1.82, 2.24) is 0 Å². The van der Waals surface area contributed by atoms with Gasteiger partial charge in [0.25, 0.3) is 0 Å². The van der Waals surface area contributed by atoms with Gasteiger partial charge in [0, 0.05) is 24.8 Å². The van der Waals surface area contributed by atoms with Gasteiger partial charge in [-0.15, -0.1) is 0 Å². The first-order chi connectivity index (χ1) is 12.1. The summed E-state index contributed by atoms with van der Waals surface area (Å²) >= 11 is 0. The van der Waals surface area contributed by atoms with Crippen molar-refractivity contribution < 1.29 is 19.1 Å². The lowest BCUT2D eigenvalue weighted by molar-refractivity contribution is -0.184. The summed E-state index contributed by atoms with van der Waals surface area (Å²) < 4.78 is 11.3. The molecule has 0 unspecified atom stereocenters. The van der Waals surface area contributed by atoms with Gasteiger partial charge >= 0.3 is 11.9 Å². The van der Waals surface area contributed by atoms with Crippen LogP contribution in [0.4, 0.5) is 0 Å². The van der Waals surface area contributed by atoms with Crippen LogP contribution in [0.15, 0.2) is 11.1 Å². The van der Waals surface area contributed by atoms with Crippen LogP contribution in [0.5, 0.6) is 0 Å². The number of hydrogen-bond acceptors (Lipinski definition) is 4. The molecule has 3 aliphatic carbocycles. The first-order valence-corrected chi connectivity index (χ1v) is 10.2. The van der Waals surface area contributed by atoms with Crippen LogP contribution in [0.2, 0.25) is 0 Å². The second-order valence-electron chi connectivity index (χ2n) is 10.2. The smallest absolute Gasteiger partial charge is 0.334 e. The van der Waals surface area contributed by atoms with E-state index in [0.29, 0.717) is 24.4 Å². The molecule has 144 valence electrons. The van der Waals surface area contributed by atoms with Gasteiger partial charge in [-0.1, -0.05) is 34.1 Å². The van der Waals surface area contributed by atoms with Gasteiger partial charge < -0.3 is 9.47 Å². The molecule has 1 heterocycles. The number of esters is 2. The Labute approximate surface area is 156 Å². The van der Waals surface area contributed by atoms with Crippen LogP contribution in [0.3, 0.4) is 0 Å². The third-order valence-electron chi connectivity index (χ3n) is 8.37. The number of ether oxygens (including phenoxy) is 2. The van der Waals surface area contributed by atoms with Crippen molar-refractivity contribution in [3.8, 4) is 0 Å². The minimum absolute atomic E-state index is 0.113. The van der Waals surface area contributed by atoms with Gasteiger partial charge in [0.2, 0.25) is 0 Å². The summed E-state index contributed by atoms with van der Waals surface area (Å²) in [5.74, 6) is 0.437. The van der Waals surface area contributed by atoms with Crippen molar-refractivity contribution in [2.75, 3.05) is 6.61 Å². The standard InChI is InChI=1S/C22H32O4/c1-13(23)26-16-11-14-15(12-25-19(14)24)21(4)10-7-17-20(2,3)8-6-9-22(17,5)18(16)21/h16-18H,6-12H2,1-5H3/t16-,17+,18+,21+,22+/m1/s1. The molecule has 4 aliphatic rings. The molecule has 0 radical (unpaired) electrons. The summed E-state index contributed by atoms with van der Waals surface area (Å²) in [7, 11) is 0. The van der Waals surface area contributed by atoms with E-state index < -0.39 is 0 Å². The van der Waals surface area contributed by atoms with Gasteiger partial charge in [0.15, 0.2) is 0 Å². The predicted molar refractivity (Wildman–Crippen MR) is 98.2 cm³/mol. The molecular formula is C22H32O4. The van der Waals surface area contributed by atoms with Crippen LogP contribution >= 0.6 is 0 Å². The van der Waals surface area contributed by atoms with E-state index in [1.165, 1.54) is 38.2 Å². The van der Waals surface area contributed by atoms with Gasteiger partial charge in [0.1, 0.15) is 12.7 Å². The van der Waals surface area contributed by atoms with Crippen molar-refractivity contribution in [1.29, 1.82) is 0 Å². The second-order valence-corrected chi connectivity index (χ2v) is 10.2. The maximum absolute atomic E-state index is 12.3. The summed E-state index contributed by atoms with van der Waals surface area (Å²) in [4.78, 5) is 24.2. The Balaban J connectivity index is 1.84. The van der Waals surface area contributed by atoms with Crippen LogP contribution in [0, 0.1) is 28.1 Å². The molecule has 0 aromatic carbocycles. The zero-order chi connectivity index (χ0) is 18.9. The lowest BCUT2D eigenvalue weighted by Crippen LogP contribution is -2.60. The minimum Gasteiger partial charge on any atom is -0.462 e. The fraction of sp³-hybridized carbons (Fsp3) is 0.818. The first-order valence-electron chi connectivity index (χ1n) is 10.2. The molecular weight excluding hydrogens is 328 g/mol. The van der Waals surface area contributed by atoms with Crippen LogP contribution in [0.1, 0.15) is 73.1 Å². The van der Waals surface area contributed by atoms with E-state index in [1.807, 2.05) is 0 Å². The van der Waals surface area contributed by atoms with Crippen molar-refractivity contribution in [3.05, 3.63) is 11.1 Å². The Morgan fingerprint density at radius 1 is 1.15 bits per heavy atom. The normalized spacial score (nSPS) is 43.9. The van der Waals surface area contributed by atoms with E-state index in [-0.39, 0.29) is 34.8 Å². The van der Waals surface area contributed by atoms with Gasteiger partial charge in [-0.25, -0.2) is 4.79 Å². The van der Waals surface area contributed by atoms with E-state index >= 15 is 0 Å². The highest BCUT2D eigenvalue weighted by Crippen LogP contribution is 2.69. The van der Waals surface area contributed by atoms with Crippen LogP contribution < -0.4 is 0 Å². The summed E-state index contributed by atoms with van der Waals surface area (Å²) in [6, 6.07) is 0. The molecule has 4 heteroatoms. The quantitative estimate of drug-likeness (QED) is 0.649. The molecule has 4 rings (SSSR count). The maximum Gasteiger partial charge on any atom is 0.334 e. The zero-order valence-corrected chi connectivity index (χ0v) is 16.8. The second kappa shape index (κ2) is 5.59. The monoisotopic (exact) mass is 360 g/mol. The third-order valence-corrected chi connectivity index (χ3v) is 8.37. The summed E-state index contributed by atoms with van der Waals surface area (Å²) in [6.45, 7) is 11.5. The average molecular weight is 360 g/mol. The number of hydrogen-bond donors (Lipinski definition) is 0. The van der Waals surface area contributed by atoms with Crippen LogP contribution in [-0.4, -0.2) is 24.6 Å². The Kier molecular flexibility index (Phi) is 3.88. The molecule has 0 aromatic heterocycles. The molecule has 0 bridgehead atoms. The number of fused-ring (bicyclic) bond motifs is 4. The summed E-state index contributed by atoms with van der Waals surface area (Å²) in [5, 5.41) is 0. The Morgan fingerprint density at radius 3 is 2.58 bits per heavy atom. The highest BCUT2D eigenvalue weighted by atomic mass is 16.5. The Hall–Kier alpha value is -1.32. The van der Waals surface area contributed by atoms with E-state index in [2.05, 4.69) is 27.7 Å². The largest absolute Gasteiger partial charge is 0.462 e. The maximum atomic E-state index is 12.3. The molecule has 0 saturated heterocycles. The van der Waals surface area contributed by atoms with Gasteiger partial charge in [-0.3, -0.25) is 4.79 Å². The fourth-order valence-corrected chi connectivity index (χ4v) is 7.55. The summed E-state index contributed by atoms with van der Waals surface area (Å²) in [6.07, 6.45) is 6.20. The van der Waals surface area contributed by atoms with E-state index in [0.717, 1.165) is 12.0 Å². The van der Waals surface area contributed by atoms with Gasteiger partial charge in [-0.2, -0.15) is 0 Å². The van der Waals surface area contributed by atoms with Crippen molar-refractivity contribution in [3.63, 3.8) is 0 Å². The number of carbonyl (C=O) groups excluding carboxylic acids is 2. The molecule has 0 amide bonds. The lowest BCUT2D eigenvalue weighted by Gasteiger charge is -2.65. The zero-order valence-electron chi connectivity index (χ0n) is 16.8. The fourth-order valence-electron chi connectivity index (χ4n) is 7.55. The van der Waals surface area contributed by atoms with E-state index in [1.54, 1.807) is 0 Å². The highest BCUT2D eigenvalue weighted by molar-refractivity contribution is 5.92. The number of carbonyl (C=O) groups is 2. The van der Waals surface area contributed by atoms with Crippen molar-refractivity contribution >= 4 is 11.9 Å². The molecule has 0 aromatic rings. The first kappa shape index (κ1) is 18.1. The van der Waals surface area contributed by atoms with Gasteiger partial charge in [-0.05, 0) is 53.4 Å². The molecule has 5 atom stereocenters. The Bertz CT molecular complexity index is 690. The minimum atomic E-state index is -0.242. The summed E-state index contributed by atoms with van der Waals surface area (Å²) in [5.41, 5.74) is 2.30. The highest BCUT2D eigenvalue weighted by Gasteiger charge is 2.64. The average Bonchev–Trinajstić information content (AvgIpc) is 2.87. The molecule has 4 nitrogen and oxygen atoms in total. The number of rotatable bonds is 1. The molecule has 2 fully saturated rings. The molecule has 2 saturated carbocycles. The number of cyclic esters (lactones) is 1. The lowest BCUT2D eigenvalue weighted by atomic mass is 9.40. The van der Waals surface area contributed by atoms with Crippen molar-refractivity contribution in [2.45, 2.75) is 79.2 Å². The molecule has 26 heavy (non-hydrogen) atoms. The van der Waals surface area contributed by atoms with Crippen molar-refractivity contribution in [2.24, 2.45) is 28.1 Å². The third kappa shape index (κ3) is 2.33. The molecule has 0 N–H and O–H groups in total. The predicted octanol–water partition coefficient (Wildman–Crippen LogP) is 4.42. The SMILES string of the molecule is CC(=O)O[C@@H]1CC2=C(COC2=O)[C@]2(C)CC[C@H]3C(C)(C)CCC[C@]3(C)[C@@H]12. The van der Waals surface area contributed by atoms with Crippen LogP contribution in [-0.2, 0) is 19.1 Å². The Morgan fingerprint density at radius 2 is 1.88 bits per heavy atom. The molecule has 0 spiro atoms. The molecule has 1 aliphatic heterocycles. The topological polar surface area (TPSA) is 52.6 Å². The van der Waals surface area contributed by atoms with Crippen LogP contribution in [0.25, 0.3) is 0 Å². The van der Waals surface area contributed by atoms with E-state index in [9.17, 15) is 9.59 Å². The van der Waals surface area contributed by atoms with Gasteiger partial charge in [0.05, 0.1) is 0 Å². The van der Waals surface area contributed by atoms with E-state index in [4.69, 9.17) is 9.47 Å².